The van der Waals surface area contributed by atoms with Gasteiger partial charge in [-0.15, -0.1) is 10.2 Å². The molecule has 0 spiro atoms. The minimum atomic E-state index is -0.836. The second-order valence-electron chi connectivity index (χ2n) is 13.1. The van der Waals surface area contributed by atoms with Crippen LogP contribution >= 0.6 is 0 Å². The smallest absolute Gasteiger partial charge is 0.416 e. The molecule has 0 N–H and O–H groups in total. The molecule has 0 radical (unpaired) electrons. The number of aromatic nitrogens is 5. The number of hydrogen-bond donors (Lipinski definition) is 0. The second kappa shape index (κ2) is 10.6. The summed E-state index contributed by atoms with van der Waals surface area (Å²) in [5, 5.41) is 13.1. The Morgan fingerprint density at radius 2 is 1.71 bits per heavy atom. The molecule has 4 aromatic rings. The molecule has 2 aliphatic rings. The van der Waals surface area contributed by atoms with Crippen LogP contribution in [-0.2, 0) is 23.1 Å². The quantitative estimate of drug-likeness (QED) is 0.287. The van der Waals surface area contributed by atoms with Gasteiger partial charge in [0, 0.05) is 36.9 Å². The Kier molecular flexibility index (Phi) is 7.13. The molecule has 238 valence electrons. The summed E-state index contributed by atoms with van der Waals surface area (Å²) >= 11 is 0. The number of benzene rings is 1. The SMILES string of the molecule is CN(C(=O)OC(C)(C)C)c1cc(-c2cc3c(n4cnnc24)N(C(=O)OC(C)(C)C)Cc2c(F)ccc4c2C(CO4)CO3)n(C)n1. The van der Waals surface area contributed by atoms with E-state index < -0.39 is 29.2 Å². The van der Waals surface area contributed by atoms with Gasteiger partial charge in [0.05, 0.1) is 31.4 Å². The first-order valence-electron chi connectivity index (χ1n) is 14.6. The molecule has 2 aliphatic heterocycles. The highest BCUT2D eigenvalue weighted by Crippen LogP contribution is 2.44. The Hall–Kier alpha value is -4.88. The predicted molar refractivity (Wildman–Crippen MR) is 162 cm³/mol. The topological polar surface area (TPSA) is 126 Å². The van der Waals surface area contributed by atoms with Gasteiger partial charge >= 0.3 is 12.2 Å². The highest BCUT2D eigenvalue weighted by atomic mass is 19.1. The van der Waals surface area contributed by atoms with Crippen molar-refractivity contribution in [2.45, 2.75) is 65.2 Å². The molecule has 0 saturated carbocycles. The Bertz CT molecular complexity index is 1820. The van der Waals surface area contributed by atoms with Gasteiger partial charge < -0.3 is 18.9 Å². The van der Waals surface area contributed by atoms with Crippen molar-refractivity contribution in [3.8, 4) is 22.8 Å². The van der Waals surface area contributed by atoms with E-state index >= 15 is 4.39 Å². The Morgan fingerprint density at radius 3 is 2.40 bits per heavy atom. The number of hydrogen-bond acceptors (Lipinski definition) is 9. The first-order valence-corrected chi connectivity index (χ1v) is 14.6. The fourth-order valence-corrected chi connectivity index (χ4v) is 5.45. The molecule has 1 atom stereocenters. The van der Waals surface area contributed by atoms with Gasteiger partial charge in [0.1, 0.15) is 29.1 Å². The molecular weight excluding hydrogens is 585 g/mol. The fraction of sp³-hybridized carbons (Fsp3) is 0.452. The molecule has 1 unspecified atom stereocenters. The van der Waals surface area contributed by atoms with Crippen LogP contribution < -0.4 is 19.3 Å². The van der Waals surface area contributed by atoms with Crippen LogP contribution in [0.4, 0.5) is 25.6 Å². The van der Waals surface area contributed by atoms with Crippen molar-refractivity contribution in [3.63, 3.8) is 0 Å². The summed E-state index contributed by atoms with van der Waals surface area (Å²) in [6.07, 6.45) is 0.197. The number of fused-ring (bicyclic) bond motifs is 3. The van der Waals surface area contributed by atoms with Gasteiger partial charge in [-0.1, -0.05) is 0 Å². The zero-order valence-electron chi connectivity index (χ0n) is 26.5. The van der Waals surface area contributed by atoms with Gasteiger partial charge in [-0.2, -0.15) is 5.10 Å². The zero-order chi connectivity index (χ0) is 32.4. The minimum absolute atomic E-state index is 0.149. The number of ether oxygens (including phenoxy) is 4. The van der Waals surface area contributed by atoms with Crippen LogP contribution in [0.5, 0.6) is 11.5 Å². The standard InChI is InChI=1S/C31H36FN7O6/c1-30(2,3)44-28(40)36(7)24-12-21(37(8)35-24)18-11-23-27(39-16-33-34-26(18)39)38(29(41)45-31(4,5)6)13-19-20(32)9-10-22-25(19)17(14-42-22)15-43-23/h9-12,16-17H,13-15H2,1-8H3. The summed E-state index contributed by atoms with van der Waals surface area (Å²) in [4.78, 5) is 29.3. The number of anilines is 2. The van der Waals surface area contributed by atoms with Crippen LogP contribution in [0.2, 0.25) is 0 Å². The van der Waals surface area contributed by atoms with E-state index in [4.69, 9.17) is 18.9 Å². The first-order chi connectivity index (χ1) is 21.1. The number of aryl methyl sites for hydroxylation is 1. The number of rotatable bonds is 2. The van der Waals surface area contributed by atoms with E-state index in [0.717, 1.165) is 0 Å². The number of halogens is 1. The number of nitrogens with zero attached hydrogens (tertiary/aromatic N) is 7. The maximum Gasteiger partial charge on any atom is 0.416 e. The average Bonchev–Trinajstić information content (AvgIpc) is 3.67. The van der Waals surface area contributed by atoms with Crippen molar-refractivity contribution >= 4 is 29.5 Å². The Balaban J connectivity index is 1.51. The highest BCUT2D eigenvalue weighted by molar-refractivity contribution is 5.92. The fourth-order valence-electron chi connectivity index (χ4n) is 5.45. The lowest BCUT2D eigenvalue weighted by atomic mass is 9.95. The summed E-state index contributed by atoms with van der Waals surface area (Å²) in [5.41, 5.74) is 1.01. The first kappa shape index (κ1) is 30.2. The average molecular weight is 622 g/mol. The van der Waals surface area contributed by atoms with Crippen LogP contribution in [0.1, 0.15) is 58.6 Å². The van der Waals surface area contributed by atoms with E-state index in [1.54, 1.807) is 82.9 Å². The van der Waals surface area contributed by atoms with E-state index in [-0.39, 0.29) is 24.9 Å². The molecule has 0 aliphatic carbocycles. The molecule has 3 aromatic heterocycles. The predicted octanol–water partition coefficient (Wildman–Crippen LogP) is 5.45. The van der Waals surface area contributed by atoms with E-state index in [1.807, 2.05) is 0 Å². The van der Waals surface area contributed by atoms with Crippen LogP contribution in [0.25, 0.3) is 16.9 Å². The maximum atomic E-state index is 15.5. The molecule has 5 heterocycles. The summed E-state index contributed by atoms with van der Waals surface area (Å²) in [6, 6.07) is 6.41. The third-order valence-corrected chi connectivity index (χ3v) is 7.40. The third-order valence-electron chi connectivity index (χ3n) is 7.40. The molecule has 45 heavy (non-hydrogen) atoms. The van der Waals surface area contributed by atoms with E-state index in [9.17, 15) is 9.59 Å². The van der Waals surface area contributed by atoms with Crippen molar-refractivity contribution in [1.29, 1.82) is 0 Å². The van der Waals surface area contributed by atoms with Crippen molar-refractivity contribution in [1.82, 2.24) is 24.4 Å². The molecule has 1 aromatic carbocycles. The third kappa shape index (κ3) is 5.60. The Morgan fingerprint density at radius 1 is 1.02 bits per heavy atom. The lowest BCUT2D eigenvalue weighted by molar-refractivity contribution is 0.0568. The van der Waals surface area contributed by atoms with E-state index in [2.05, 4.69) is 15.3 Å². The second-order valence-corrected chi connectivity index (χ2v) is 13.1. The van der Waals surface area contributed by atoms with Crippen molar-refractivity contribution in [2.24, 2.45) is 7.05 Å². The lowest BCUT2D eigenvalue weighted by Gasteiger charge is -2.29. The molecular formula is C31H36FN7O6. The number of amides is 2. The maximum absolute atomic E-state index is 15.5. The molecule has 13 nitrogen and oxygen atoms in total. The molecule has 6 rings (SSSR count). The van der Waals surface area contributed by atoms with Crippen molar-refractivity contribution < 1.29 is 32.9 Å². The van der Waals surface area contributed by atoms with Crippen molar-refractivity contribution in [3.05, 3.63) is 47.5 Å². The molecule has 0 saturated heterocycles. The molecule has 14 heteroatoms. The van der Waals surface area contributed by atoms with Gasteiger partial charge in [-0.05, 0) is 59.7 Å². The summed E-state index contributed by atoms with van der Waals surface area (Å²) in [5.74, 6) is 0.757. The monoisotopic (exact) mass is 621 g/mol. The van der Waals surface area contributed by atoms with Gasteiger partial charge in [-0.3, -0.25) is 18.9 Å². The lowest BCUT2D eigenvalue weighted by Crippen LogP contribution is -2.38. The van der Waals surface area contributed by atoms with Gasteiger partial charge in [0.15, 0.2) is 23.0 Å². The normalized spacial score (nSPS) is 16.1. The van der Waals surface area contributed by atoms with Gasteiger partial charge in [-0.25, -0.2) is 14.0 Å². The Labute approximate surface area is 259 Å². The number of carbonyl (C=O) groups excluding carboxylic acids is 2. The van der Waals surface area contributed by atoms with Crippen LogP contribution in [0.3, 0.4) is 0 Å². The van der Waals surface area contributed by atoms with Crippen LogP contribution in [-0.4, -0.2) is 68.0 Å². The van der Waals surface area contributed by atoms with Crippen LogP contribution in [0, 0.1) is 5.82 Å². The zero-order valence-corrected chi connectivity index (χ0v) is 26.5. The summed E-state index contributed by atoms with van der Waals surface area (Å²) in [6.45, 7) is 11.0. The molecule has 0 fully saturated rings. The van der Waals surface area contributed by atoms with E-state index in [1.165, 1.54) is 22.2 Å². The van der Waals surface area contributed by atoms with Crippen LogP contribution in [0.15, 0.2) is 30.6 Å². The summed E-state index contributed by atoms with van der Waals surface area (Å²) < 4.78 is 42.3. The van der Waals surface area contributed by atoms with E-state index in [0.29, 0.717) is 52.0 Å². The largest absolute Gasteiger partial charge is 0.493 e. The van der Waals surface area contributed by atoms with Gasteiger partial charge in [0.25, 0.3) is 0 Å². The molecule has 2 amide bonds. The summed E-state index contributed by atoms with van der Waals surface area (Å²) in [7, 11) is 3.31. The minimum Gasteiger partial charge on any atom is -0.493 e. The molecule has 0 bridgehead atoms. The highest BCUT2D eigenvalue weighted by Gasteiger charge is 2.37. The van der Waals surface area contributed by atoms with Crippen molar-refractivity contribution in [2.75, 3.05) is 30.1 Å². The number of pyridine rings is 1. The number of carbonyl (C=O) groups is 2. The van der Waals surface area contributed by atoms with Gasteiger partial charge in [0.2, 0.25) is 0 Å².